The van der Waals surface area contributed by atoms with Crippen LogP contribution >= 0.6 is 11.6 Å². The van der Waals surface area contributed by atoms with Crippen LogP contribution in [0.15, 0.2) is 12.3 Å². The number of rotatable bonds is 6. The number of ether oxygens (including phenoxy) is 1. The molecule has 0 aliphatic carbocycles. The van der Waals surface area contributed by atoms with Gasteiger partial charge in [-0.3, -0.25) is 4.98 Å². The van der Waals surface area contributed by atoms with Gasteiger partial charge < -0.3 is 14.3 Å². The van der Waals surface area contributed by atoms with Crippen molar-refractivity contribution in [1.29, 1.82) is 0 Å². The van der Waals surface area contributed by atoms with Gasteiger partial charge in [0.15, 0.2) is 9.04 Å². The Hall–Kier alpha value is -1.70. The number of carbonyl (C=O) groups is 1. The average molecular weight is 428 g/mol. The maximum absolute atomic E-state index is 15.1. The van der Waals surface area contributed by atoms with Crippen molar-refractivity contribution in [3.63, 3.8) is 0 Å². The second kappa shape index (κ2) is 8.76. The number of hydrogen-bond donors (Lipinski definition) is 1. The normalized spacial score (nSPS) is 13.2. The van der Waals surface area contributed by atoms with Crippen molar-refractivity contribution >= 4 is 37.5 Å². The first-order chi connectivity index (χ1) is 13.0. The molecule has 0 saturated heterocycles. The summed E-state index contributed by atoms with van der Waals surface area (Å²) < 4.78 is 26.2. The van der Waals surface area contributed by atoms with Gasteiger partial charge in [0.2, 0.25) is 0 Å². The Kier molecular flexibility index (Phi) is 7.06. The van der Waals surface area contributed by atoms with Crippen molar-refractivity contribution in [3.05, 3.63) is 34.2 Å². The van der Waals surface area contributed by atoms with Gasteiger partial charge in [-0.25, -0.2) is 9.18 Å². The summed E-state index contributed by atoms with van der Waals surface area (Å²) in [6, 6.07) is 1.28. The fraction of sp³-hybridized carbons (Fsp3) is 0.500. The molecule has 0 saturated carbocycles. The van der Waals surface area contributed by atoms with Crippen LogP contribution in [0.2, 0.25) is 18.1 Å². The second-order valence-corrected chi connectivity index (χ2v) is 10.9. The molecule has 0 amide bonds. The summed E-state index contributed by atoms with van der Waals surface area (Å²) in [5.74, 6) is -1.65. The van der Waals surface area contributed by atoms with Crippen molar-refractivity contribution < 1.29 is 23.5 Å². The van der Waals surface area contributed by atoms with Gasteiger partial charge in [-0.05, 0) is 37.9 Å². The summed E-state index contributed by atoms with van der Waals surface area (Å²) in [7, 11) is -1.53. The predicted octanol–water partition coefficient (Wildman–Crippen LogP) is 5.39. The van der Waals surface area contributed by atoms with E-state index < -0.39 is 26.9 Å². The van der Waals surface area contributed by atoms with Crippen LogP contribution in [0.25, 0.3) is 10.9 Å². The van der Waals surface area contributed by atoms with Crippen molar-refractivity contribution in [2.45, 2.75) is 53.3 Å². The Morgan fingerprint density at radius 3 is 2.57 bits per heavy atom. The third kappa shape index (κ3) is 5.01. The molecule has 1 unspecified atom stereocenters. The molecule has 2 aromatic rings. The number of fused-ring (bicyclic) bond motifs is 1. The number of pyridine rings is 1. The number of benzene rings is 1. The molecule has 0 fully saturated rings. The minimum atomic E-state index is -1.53. The fourth-order valence-corrected chi connectivity index (χ4v) is 4.15. The maximum Gasteiger partial charge on any atom is 0.343 e. The summed E-state index contributed by atoms with van der Waals surface area (Å²) in [4.78, 5) is 16.3. The van der Waals surface area contributed by atoms with Crippen LogP contribution in [0.4, 0.5) is 4.39 Å². The lowest BCUT2D eigenvalue weighted by atomic mass is 9.86. The summed E-state index contributed by atoms with van der Waals surface area (Å²) >= 11 is 6.14. The highest BCUT2D eigenvalue weighted by Crippen LogP contribution is 2.41. The van der Waals surface area contributed by atoms with Crippen molar-refractivity contribution in [3.8, 4) is 5.75 Å². The number of carbonyl (C=O) groups excluding carboxylic acids is 1. The smallest absolute Gasteiger partial charge is 0.343 e. The SMILES string of the molecule is CCOC(=O)c1cnc2c(C(CC(C)(C)C)O[SiH](C)C)c(F)c(Cl)cc2c1O. The number of aromatic nitrogens is 1. The van der Waals surface area contributed by atoms with Gasteiger partial charge in [0, 0.05) is 17.1 Å². The van der Waals surface area contributed by atoms with Crippen LogP contribution in [0.5, 0.6) is 5.75 Å². The monoisotopic (exact) mass is 427 g/mol. The van der Waals surface area contributed by atoms with Crippen LogP contribution in [-0.2, 0) is 9.16 Å². The zero-order valence-electron chi connectivity index (χ0n) is 17.1. The fourth-order valence-electron chi connectivity index (χ4n) is 3.05. The molecule has 1 aromatic carbocycles. The van der Waals surface area contributed by atoms with Crippen molar-refractivity contribution in [2.24, 2.45) is 5.41 Å². The highest BCUT2D eigenvalue weighted by atomic mass is 35.5. The van der Waals surface area contributed by atoms with Crippen LogP contribution in [-0.4, -0.2) is 31.7 Å². The van der Waals surface area contributed by atoms with Crippen molar-refractivity contribution in [1.82, 2.24) is 4.98 Å². The largest absolute Gasteiger partial charge is 0.506 e. The van der Waals surface area contributed by atoms with Gasteiger partial charge in [-0.2, -0.15) is 0 Å². The summed E-state index contributed by atoms with van der Waals surface area (Å²) in [5.41, 5.74) is 0.220. The first-order valence-electron chi connectivity index (χ1n) is 9.28. The van der Waals surface area contributed by atoms with E-state index >= 15 is 4.39 Å². The highest BCUT2D eigenvalue weighted by Gasteiger charge is 2.29. The van der Waals surface area contributed by atoms with Crippen LogP contribution in [0.3, 0.4) is 0 Å². The molecular weight excluding hydrogens is 401 g/mol. The molecule has 8 heteroatoms. The Balaban J connectivity index is 2.74. The summed E-state index contributed by atoms with van der Waals surface area (Å²) in [6.45, 7) is 12.0. The van der Waals surface area contributed by atoms with E-state index in [1.165, 1.54) is 12.3 Å². The first-order valence-corrected chi connectivity index (χ1v) is 12.4. The van der Waals surface area contributed by atoms with Gasteiger partial charge in [-0.1, -0.05) is 32.4 Å². The predicted molar refractivity (Wildman–Crippen MR) is 111 cm³/mol. The number of nitrogens with zero attached hydrogens (tertiary/aromatic N) is 1. The molecular formula is C20H27ClFNO4Si. The van der Waals surface area contributed by atoms with Crippen LogP contribution in [0, 0.1) is 11.2 Å². The molecule has 1 aromatic heterocycles. The molecule has 2 rings (SSSR count). The van der Waals surface area contributed by atoms with Gasteiger partial charge >= 0.3 is 5.97 Å². The Bertz CT molecular complexity index is 883. The zero-order chi connectivity index (χ0) is 21.2. The van der Waals surface area contributed by atoms with Crippen molar-refractivity contribution in [2.75, 3.05) is 6.61 Å². The maximum atomic E-state index is 15.1. The topological polar surface area (TPSA) is 68.7 Å². The van der Waals surface area contributed by atoms with E-state index in [1.807, 2.05) is 33.9 Å². The number of aromatic hydroxyl groups is 1. The average Bonchev–Trinajstić information content (AvgIpc) is 2.55. The van der Waals surface area contributed by atoms with E-state index in [9.17, 15) is 9.90 Å². The molecule has 1 heterocycles. The highest BCUT2D eigenvalue weighted by molar-refractivity contribution is 6.48. The third-order valence-corrected chi connectivity index (χ3v) is 5.26. The van der Waals surface area contributed by atoms with E-state index in [2.05, 4.69) is 4.98 Å². The van der Waals surface area contributed by atoms with Crippen LogP contribution < -0.4 is 0 Å². The lowest BCUT2D eigenvalue weighted by Crippen LogP contribution is -2.21. The van der Waals surface area contributed by atoms with Crippen LogP contribution in [0.1, 0.15) is 56.1 Å². The lowest BCUT2D eigenvalue weighted by molar-refractivity contribution is 0.0523. The van der Waals surface area contributed by atoms with Gasteiger partial charge in [0.1, 0.15) is 17.1 Å². The van der Waals surface area contributed by atoms with E-state index in [1.54, 1.807) is 6.92 Å². The quantitative estimate of drug-likeness (QED) is 0.494. The number of hydrogen-bond acceptors (Lipinski definition) is 5. The first kappa shape index (κ1) is 22.6. The minimum absolute atomic E-state index is 0.0884. The molecule has 28 heavy (non-hydrogen) atoms. The van der Waals surface area contributed by atoms with E-state index in [-0.39, 0.29) is 44.8 Å². The molecule has 0 aliphatic heterocycles. The van der Waals surface area contributed by atoms with Gasteiger partial charge in [0.25, 0.3) is 0 Å². The Morgan fingerprint density at radius 2 is 2.04 bits per heavy atom. The number of halogens is 2. The molecule has 0 aliphatic rings. The molecule has 0 radical (unpaired) electrons. The second-order valence-electron chi connectivity index (χ2n) is 8.16. The van der Waals surface area contributed by atoms with Gasteiger partial charge in [-0.15, -0.1) is 0 Å². The summed E-state index contributed by atoms with van der Waals surface area (Å²) in [5, 5.41) is 10.7. The Labute approximate surface area is 171 Å². The molecule has 1 atom stereocenters. The Morgan fingerprint density at radius 1 is 1.39 bits per heavy atom. The third-order valence-electron chi connectivity index (χ3n) is 4.11. The van der Waals surface area contributed by atoms with Gasteiger partial charge in [0.05, 0.1) is 23.3 Å². The van der Waals surface area contributed by atoms with E-state index in [0.717, 1.165) is 0 Å². The molecule has 0 spiro atoms. The standard InChI is InChI=1S/C20H27ClFNO4Si/c1-7-26-19(25)12-10-23-17-11(18(12)24)8-13(21)16(22)15(17)14(27-28(5)6)9-20(2,3)4/h8,10,14,28H,7,9H2,1-6H3,(H,23,24). The molecule has 0 bridgehead atoms. The summed E-state index contributed by atoms with van der Waals surface area (Å²) in [6.07, 6.45) is 1.19. The molecule has 154 valence electrons. The zero-order valence-corrected chi connectivity index (χ0v) is 19.0. The minimum Gasteiger partial charge on any atom is -0.506 e. The number of esters is 1. The van der Waals surface area contributed by atoms with E-state index in [4.69, 9.17) is 20.8 Å². The molecule has 5 nitrogen and oxygen atoms in total. The van der Waals surface area contributed by atoms with E-state index in [0.29, 0.717) is 6.42 Å². The lowest BCUT2D eigenvalue weighted by Gasteiger charge is -2.29. The molecule has 1 N–H and O–H groups in total.